The SMILES string of the molecule is CC(Oc1ccccc1F)C(=O)Nc1cccc(-c2ccc3nnc(-c4cccnc4)n3n2)c1. The van der Waals surface area contributed by atoms with Gasteiger partial charge in [-0.1, -0.05) is 24.3 Å². The van der Waals surface area contributed by atoms with Gasteiger partial charge < -0.3 is 10.1 Å². The van der Waals surface area contributed by atoms with Crippen molar-refractivity contribution in [2.24, 2.45) is 0 Å². The maximum atomic E-state index is 13.8. The second-order valence-corrected chi connectivity index (χ2v) is 7.51. The van der Waals surface area contributed by atoms with Crippen LogP contribution in [0.15, 0.2) is 85.2 Å². The van der Waals surface area contributed by atoms with Gasteiger partial charge in [0.05, 0.1) is 5.69 Å². The summed E-state index contributed by atoms with van der Waals surface area (Å²) >= 11 is 0. The highest BCUT2D eigenvalue weighted by molar-refractivity contribution is 5.94. The van der Waals surface area contributed by atoms with E-state index in [2.05, 4.69) is 25.6 Å². The Morgan fingerprint density at radius 3 is 2.68 bits per heavy atom. The van der Waals surface area contributed by atoms with Crippen molar-refractivity contribution in [3.05, 3.63) is 91.0 Å². The van der Waals surface area contributed by atoms with Crippen molar-refractivity contribution in [2.75, 3.05) is 5.32 Å². The van der Waals surface area contributed by atoms with E-state index in [0.717, 1.165) is 11.1 Å². The summed E-state index contributed by atoms with van der Waals surface area (Å²) in [5.74, 6) is -0.324. The number of benzene rings is 2. The molecule has 0 aliphatic heterocycles. The Labute approximate surface area is 194 Å². The van der Waals surface area contributed by atoms with Crippen molar-refractivity contribution in [1.82, 2.24) is 24.8 Å². The highest BCUT2D eigenvalue weighted by Crippen LogP contribution is 2.24. The number of para-hydroxylation sites is 1. The second-order valence-electron chi connectivity index (χ2n) is 7.51. The summed E-state index contributed by atoms with van der Waals surface area (Å²) in [6, 6.07) is 20.6. The van der Waals surface area contributed by atoms with E-state index in [-0.39, 0.29) is 5.75 Å². The number of hydrogen-bond donors (Lipinski definition) is 1. The molecule has 0 saturated carbocycles. The minimum atomic E-state index is -0.894. The largest absolute Gasteiger partial charge is 0.478 e. The molecule has 34 heavy (non-hydrogen) atoms. The van der Waals surface area contributed by atoms with E-state index >= 15 is 0 Å². The number of anilines is 1. The topological polar surface area (TPSA) is 94.3 Å². The number of fused-ring (bicyclic) bond motifs is 1. The lowest BCUT2D eigenvalue weighted by molar-refractivity contribution is -0.122. The average molecular weight is 454 g/mol. The predicted molar refractivity (Wildman–Crippen MR) is 125 cm³/mol. The predicted octanol–water partition coefficient (Wildman–Crippen LogP) is 4.40. The van der Waals surface area contributed by atoms with E-state index in [1.165, 1.54) is 12.1 Å². The number of amides is 1. The van der Waals surface area contributed by atoms with Gasteiger partial charge >= 0.3 is 0 Å². The maximum absolute atomic E-state index is 13.8. The van der Waals surface area contributed by atoms with E-state index in [1.54, 1.807) is 48.1 Å². The van der Waals surface area contributed by atoms with Crippen molar-refractivity contribution in [1.29, 1.82) is 0 Å². The number of hydrogen-bond acceptors (Lipinski definition) is 6. The molecule has 0 aliphatic rings. The Balaban J connectivity index is 1.37. The zero-order chi connectivity index (χ0) is 23.5. The summed E-state index contributed by atoms with van der Waals surface area (Å²) in [6.07, 6.45) is 2.49. The quantitative estimate of drug-likeness (QED) is 0.409. The maximum Gasteiger partial charge on any atom is 0.265 e. The second kappa shape index (κ2) is 9.07. The van der Waals surface area contributed by atoms with Gasteiger partial charge in [-0.15, -0.1) is 10.2 Å². The molecule has 9 heteroatoms. The molecular weight excluding hydrogens is 435 g/mol. The molecule has 1 unspecified atom stereocenters. The first-order valence-electron chi connectivity index (χ1n) is 10.5. The van der Waals surface area contributed by atoms with Gasteiger partial charge in [0.15, 0.2) is 29.1 Å². The molecule has 0 fully saturated rings. The highest BCUT2D eigenvalue weighted by atomic mass is 19.1. The minimum Gasteiger partial charge on any atom is -0.478 e. The normalized spacial score (nSPS) is 11.8. The lowest BCUT2D eigenvalue weighted by Crippen LogP contribution is -2.30. The van der Waals surface area contributed by atoms with Crippen molar-refractivity contribution < 1.29 is 13.9 Å². The molecular formula is C25H19FN6O2. The van der Waals surface area contributed by atoms with Crippen LogP contribution >= 0.6 is 0 Å². The highest BCUT2D eigenvalue weighted by Gasteiger charge is 2.17. The van der Waals surface area contributed by atoms with Crippen molar-refractivity contribution in [2.45, 2.75) is 13.0 Å². The first-order chi connectivity index (χ1) is 16.6. The number of nitrogens with one attached hydrogen (secondary N) is 1. The molecule has 1 N–H and O–H groups in total. The number of pyridine rings is 1. The first-order valence-corrected chi connectivity index (χ1v) is 10.5. The molecule has 8 nitrogen and oxygen atoms in total. The van der Waals surface area contributed by atoms with E-state index in [9.17, 15) is 9.18 Å². The minimum absolute atomic E-state index is 0.0229. The fourth-order valence-corrected chi connectivity index (χ4v) is 3.40. The molecule has 0 saturated heterocycles. The van der Waals surface area contributed by atoms with Crippen LogP contribution in [0.4, 0.5) is 10.1 Å². The Hall–Kier alpha value is -4.66. The third kappa shape index (κ3) is 4.31. The number of nitrogens with zero attached hydrogens (tertiary/aromatic N) is 5. The van der Waals surface area contributed by atoms with Crippen LogP contribution in [0.5, 0.6) is 5.75 Å². The summed E-state index contributed by atoms with van der Waals surface area (Å²) in [7, 11) is 0. The third-order valence-corrected chi connectivity index (χ3v) is 5.12. The first kappa shape index (κ1) is 21.2. The molecule has 0 bridgehead atoms. The molecule has 5 aromatic rings. The number of rotatable bonds is 6. The fourth-order valence-electron chi connectivity index (χ4n) is 3.40. The van der Waals surface area contributed by atoms with Gasteiger partial charge in [-0.05, 0) is 55.5 Å². The third-order valence-electron chi connectivity index (χ3n) is 5.12. The van der Waals surface area contributed by atoms with E-state index in [1.807, 2.05) is 36.4 Å². The average Bonchev–Trinajstić information content (AvgIpc) is 3.29. The molecule has 1 amide bonds. The molecule has 3 heterocycles. The van der Waals surface area contributed by atoms with E-state index in [4.69, 9.17) is 4.74 Å². The van der Waals surface area contributed by atoms with Crippen molar-refractivity contribution >= 4 is 17.2 Å². The van der Waals surface area contributed by atoms with Gasteiger partial charge in [-0.2, -0.15) is 9.61 Å². The van der Waals surface area contributed by atoms with Crippen LogP contribution in [0.1, 0.15) is 6.92 Å². The van der Waals surface area contributed by atoms with Gasteiger partial charge in [-0.3, -0.25) is 9.78 Å². The molecule has 3 aromatic heterocycles. The number of ether oxygens (including phenoxy) is 1. The molecule has 0 radical (unpaired) electrons. The molecule has 0 spiro atoms. The Morgan fingerprint density at radius 2 is 1.85 bits per heavy atom. The van der Waals surface area contributed by atoms with Crippen LogP contribution in [0.25, 0.3) is 28.3 Å². The summed E-state index contributed by atoms with van der Waals surface area (Å²) in [5, 5.41) is 15.9. The number of aromatic nitrogens is 5. The molecule has 168 valence electrons. The summed E-state index contributed by atoms with van der Waals surface area (Å²) in [5.41, 5.74) is 3.41. The van der Waals surface area contributed by atoms with Crippen LogP contribution in [0.3, 0.4) is 0 Å². The monoisotopic (exact) mass is 454 g/mol. The van der Waals surface area contributed by atoms with Gasteiger partial charge in [0, 0.05) is 29.2 Å². The summed E-state index contributed by atoms with van der Waals surface area (Å²) in [6.45, 7) is 1.56. The van der Waals surface area contributed by atoms with Crippen molar-refractivity contribution in [3.8, 4) is 28.4 Å². The smallest absolute Gasteiger partial charge is 0.265 e. The van der Waals surface area contributed by atoms with Crippen LogP contribution < -0.4 is 10.1 Å². The summed E-state index contributed by atoms with van der Waals surface area (Å²) in [4.78, 5) is 16.7. The summed E-state index contributed by atoms with van der Waals surface area (Å²) < 4.78 is 20.9. The Kier molecular flexibility index (Phi) is 5.65. The number of carbonyl (C=O) groups is 1. The molecule has 0 aliphatic carbocycles. The molecule has 1 atom stereocenters. The molecule has 5 rings (SSSR count). The van der Waals surface area contributed by atoms with Gasteiger partial charge in [-0.25, -0.2) is 4.39 Å². The Bertz CT molecular complexity index is 1470. The number of carbonyl (C=O) groups excluding carboxylic acids is 1. The zero-order valence-corrected chi connectivity index (χ0v) is 18.1. The zero-order valence-electron chi connectivity index (χ0n) is 18.1. The fraction of sp³-hybridized carbons (Fsp3) is 0.0800. The lowest BCUT2D eigenvalue weighted by atomic mass is 10.1. The van der Waals surface area contributed by atoms with Crippen LogP contribution in [0.2, 0.25) is 0 Å². The van der Waals surface area contributed by atoms with E-state index in [0.29, 0.717) is 22.9 Å². The van der Waals surface area contributed by atoms with Gasteiger partial charge in [0.1, 0.15) is 0 Å². The lowest BCUT2D eigenvalue weighted by Gasteiger charge is -2.15. The van der Waals surface area contributed by atoms with Gasteiger partial charge in [0.25, 0.3) is 5.91 Å². The van der Waals surface area contributed by atoms with E-state index < -0.39 is 17.8 Å². The van der Waals surface area contributed by atoms with Crippen molar-refractivity contribution in [3.63, 3.8) is 0 Å². The standard InChI is InChI=1S/C25H19FN6O2/c1-16(34-22-10-3-2-9-20(22)26)25(33)28-19-8-4-6-17(14-19)21-11-12-23-29-30-24(32(23)31-21)18-7-5-13-27-15-18/h2-16H,1H3,(H,28,33). The van der Waals surface area contributed by atoms with Crippen LogP contribution in [0, 0.1) is 5.82 Å². The van der Waals surface area contributed by atoms with Crippen LogP contribution in [-0.2, 0) is 4.79 Å². The Morgan fingerprint density at radius 1 is 1.00 bits per heavy atom. The molecule has 2 aromatic carbocycles. The number of halogens is 1. The van der Waals surface area contributed by atoms with Crippen LogP contribution in [-0.4, -0.2) is 36.8 Å². The van der Waals surface area contributed by atoms with Gasteiger partial charge in [0.2, 0.25) is 0 Å².